The zero-order valence-electron chi connectivity index (χ0n) is 12.8. The van der Waals surface area contributed by atoms with E-state index in [2.05, 4.69) is 65.8 Å². The van der Waals surface area contributed by atoms with E-state index in [9.17, 15) is 9.59 Å². The Bertz CT molecular complexity index is 644. The molecule has 24 heavy (non-hydrogen) atoms. The average molecular weight is 454 g/mol. The van der Waals surface area contributed by atoms with E-state index in [1.54, 1.807) is 30.4 Å². The van der Waals surface area contributed by atoms with Crippen LogP contribution in [0, 0.1) is 0 Å². The van der Waals surface area contributed by atoms with Crippen LogP contribution >= 0.6 is 0 Å². The predicted molar refractivity (Wildman–Crippen MR) is 97.9 cm³/mol. The Hall–Kier alpha value is -1.98. The predicted octanol–water partition coefficient (Wildman–Crippen LogP) is 0.567. The summed E-state index contributed by atoms with van der Waals surface area (Å²) in [7, 11) is 0. The Morgan fingerprint density at radius 2 is 1.38 bits per heavy atom. The molecule has 0 aromatic heterocycles. The average Bonchev–Trinajstić information content (AvgIpc) is 2.58. The van der Waals surface area contributed by atoms with Crippen molar-refractivity contribution in [2.45, 2.75) is 0 Å². The van der Waals surface area contributed by atoms with Gasteiger partial charge in [-0.05, 0) is 0 Å². The SMILES string of the molecule is C=CCN=C([Se])NC(=O)c1cccc(C(=O)NC([Se])=NCC=C)c1. The Labute approximate surface area is 157 Å². The van der Waals surface area contributed by atoms with E-state index in [4.69, 9.17) is 0 Å². The number of aliphatic imine (C=N–C) groups is 2. The number of amidine groups is 2. The molecule has 0 bridgehead atoms. The van der Waals surface area contributed by atoms with Crippen LogP contribution < -0.4 is 10.6 Å². The van der Waals surface area contributed by atoms with Crippen LogP contribution in [0.3, 0.4) is 0 Å². The van der Waals surface area contributed by atoms with E-state index in [-0.39, 0.29) is 11.8 Å². The van der Waals surface area contributed by atoms with Gasteiger partial charge in [0.25, 0.3) is 0 Å². The minimum atomic E-state index is -0.366. The Morgan fingerprint density at radius 3 is 1.75 bits per heavy atom. The summed E-state index contributed by atoms with van der Waals surface area (Å²) in [6.07, 6.45) is 3.23. The summed E-state index contributed by atoms with van der Waals surface area (Å²) >= 11 is 5.32. The number of rotatable bonds is 6. The van der Waals surface area contributed by atoms with Crippen molar-refractivity contribution in [1.29, 1.82) is 0 Å². The molecule has 0 saturated heterocycles. The van der Waals surface area contributed by atoms with E-state index in [0.717, 1.165) is 0 Å². The second kappa shape index (κ2) is 10.7. The third kappa shape index (κ3) is 7.06. The fourth-order valence-corrected chi connectivity index (χ4v) is 2.22. The molecule has 0 unspecified atom stereocenters. The Morgan fingerprint density at radius 1 is 0.958 bits per heavy atom. The van der Waals surface area contributed by atoms with Gasteiger partial charge in [-0.3, -0.25) is 0 Å². The fraction of sp³-hybridized carbons (Fsp3) is 0.125. The molecule has 0 atom stereocenters. The van der Waals surface area contributed by atoms with Crippen LogP contribution in [0.1, 0.15) is 20.7 Å². The summed E-state index contributed by atoms with van der Waals surface area (Å²) in [6, 6.07) is 6.34. The molecule has 0 heterocycles. The van der Waals surface area contributed by atoms with Crippen LogP contribution in [0.15, 0.2) is 59.6 Å². The number of carbonyl (C=O) groups excluding carboxylic acids is 2. The van der Waals surface area contributed by atoms with Gasteiger partial charge in [0.15, 0.2) is 0 Å². The van der Waals surface area contributed by atoms with Crippen LogP contribution in [0.4, 0.5) is 0 Å². The maximum absolute atomic E-state index is 12.1. The number of hydrogen-bond donors (Lipinski definition) is 2. The minimum absolute atomic E-state index is 0.342. The van der Waals surface area contributed by atoms with Crippen LogP contribution in [0.2, 0.25) is 0 Å². The van der Waals surface area contributed by atoms with Gasteiger partial charge in [0, 0.05) is 0 Å². The second-order valence-corrected chi connectivity index (χ2v) is 5.98. The van der Waals surface area contributed by atoms with Crippen molar-refractivity contribution in [2.24, 2.45) is 9.98 Å². The maximum atomic E-state index is 12.1. The molecular weight excluding hydrogens is 438 g/mol. The van der Waals surface area contributed by atoms with Crippen LogP contribution in [-0.2, 0) is 0 Å². The zero-order chi connectivity index (χ0) is 17.9. The van der Waals surface area contributed by atoms with Gasteiger partial charge in [-0.15, -0.1) is 0 Å². The molecule has 0 aliphatic rings. The monoisotopic (exact) mass is 456 g/mol. The molecule has 8 heteroatoms. The van der Waals surface area contributed by atoms with Gasteiger partial charge < -0.3 is 0 Å². The summed E-state index contributed by atoms with van der Waals surface area (Å²) in [5.74, 6) is -0.732. The van der Waals surface area contributed by atoms with Gasteiger partial charge in [-0.25, -0.2) is 0 Å². The van der Waals surface area contributed by atoms with Crippen molar-refractivity contribution in [3.05, 3.63) is 60.7 Å². The molecule has 0 saturated carbocycles. The Balaban J connectivity index is 2.82. The Kier molecular flexibility index (Phi) is 8.97. The topological polar surface area (TPSA) is 82.9 Å². The van der Waals surface area contributed by atoms with Crippen molar-refractivity contribution < 1.29 is 9.59 Å². The number of carbonyl (C=O) groups is 2. The summed E-state index contributed by atoms with van der Waals surface area (Å²) in [4.78, 5) is 32.4. The van der Waals surface area contributed by atoms with Crippen LogP contribution in [0.5, 0.6) is 0 Å². The first-order valence-corrected chi connectivity index (χ1v) is 8.56. The van der Waals surface area contributed by atoms with Gasteiger partial charge in [0.1, 0.15) is 0 Å². The molecule has 6 nitrogen and oxygen atoms in total. The van der Waals surface area contributed by atoms with Crippen molar-refractivity contribution in [1.82, 2.24) is 10.6 Å². The third-order valence-electron chi connectivity index (χ3n) is 2.56. The summed E-state index contributed by atoms with van der Waals surface area (Å²) in [6.45, 7) is 7.88. The number of nitrogens with one attached hydrogen (secondary N) is 2. The molecule has 0 spiro atoms. The molecule has 1 aromatic carbocycles. The molecule has 1 aromatic rings. The van der Waals surface area contributed by atoms with Crippen molar-refractivity contribution in [3.8, 4) is 0 Å². The van der Waals surface area contributed by atoms with Crippen molar-refractivity contribution in [2.75, 3.05) is 13.1 Å². The van der Waals surface area contributed by atoms with Gasteiger partial charge in [-0.1, -0.05) is 0 Å². The van der Waals surface area contributed by atoms with E-state index >= 15 is 0 Å². The molecule has 0 fully saturated rings. The molecule has 1 rings (SSSR count). The van der Waals surface area contributed by atoms with Gasteiger partial charge in [-0.2, -0.15) is 0 Å². The summed E-state index contributed by atoms with van der Waals surface area (Å²) in [5, 5.41) is 5.20. The molecule has 0 aliphatic heterocycles. The molecular formula is C16H16N4O2Se2. The van der Waals surface area contributed by atoms with Crippen molar-refractivity contribution >= 4 is 53.3 Å². The molecule has 124 valence electrons. The van der Waals surface area contributed by atoms with Gasteiger partial charge in [0.2, 0.25) is 0 Å². The van der Waals surface area contributed by atoms with Gasteiger partial charge >= 0.3 is 157 Å². The van der Waals surface area contributed by atoms with E-state index in [0.29, 0.717) is 33.7 Å². The van der Waals surface area contributed by atoms with E-state index in [1.807, 2.05) is 0 Å². The first kappa shape index (κ1) is 20.1. The summed E-state index contributed by atoms with van der Waals surface area (Å²) in [5.41, 5.74) is 0.683. The van der Waals surface area contributed by atoms with Crippen molar-refractivity contribution in [3.63, 3.8) is 0 Å². The molecule has 2 radical (unpaired) electrons. The molecule has 2 amide bonds. The molecule has 0 aliphatic carbocycles. The quantitative estimate of drug-likeness (QED) is 0.285. The number of amides is 2. The standard InChI is InChI=1S/C16H16N4O2Se2/c1-3-8-17-15(23)19-13(21)11-6-5-7-12(10-11)14(22)20-16(24)18-9-4-2/h3-7,10H,1-2,8-9H2,(H,17,19,21)(H,18,20,22). The van der Waals surface area contributed by atoms with Crippen LogP contribution in [-0.4, -0.2) is 66.4 Å². The fourth-order valence-electron chi connectivity index (χ4n) is 1.51. The van der Waals surface area contributed by atoms with Gasteiger partial charge in [0.05, 0.1) is 0 Å². The second-order valence-electron chi connectivity index (χ2n) is 4.36. The van der Waals surface area contributed by atoms with Crippen LogP contribution in [0.25, 0.3) is 0 Å². The number of benzene rings is 1. The molecule has 2 N–H and O–H groups in total. The number of nitrogens with zero attached hydrogens (tertiary/aromatic N) is 2. The normalized spacial score (nSPS) is 11.5. The first-order valence-electron chi connectivity index (χ1n) is 6.85. The zero-order valence-corrected chi connectivity index (χ0v) is 16.2. The van der Waals surface area contributed by atoms with E-state index in [1.165, 1.54) is 6.07 Å². The first-order chi connectivity index (χ1) is 11.5. The van der Waals surface area contributed by atoms with E-state index < -0.39 is 0 Å². The number of hydrogen-bond acceptors (Lipinski definition) is 4. The summed E-state index contributed by atoms with van der Waals surface area (Å²) < 4.78 is 0.716. The third-order valence-corrected chi connectivity index (χ3v) is 3.53.